The molecule has 1 atom stereocenters. The maximum atomic E-state index is 12.0. The van der Waals surface area contributed by atoms with Gasteiger partial charge < -0.3 is 9.64 Å². The molecule has 1 saturated heterocycles. The van der Waals surface area contributed by atoms with Gasteiger partial charge in [0.1, 0.15) is 5.75 Å². The highest BCUT2D eigenvalue weighted by molar-refractivity contribution is 9.09. The average Bonchev–Trinajstić information content (AvgIpc) is 2.70. The summed E-state index contributed by atoms with van der Waals surface area (Å²) in [7, 11) is 1.68. The van der Waals surface area contributed by atoms with E-state index in [0.717, 1.165) is 34.4 Å². The minimum Gasteiger partial charge on any atom is -0.496 e. The van der Waals surface area contributed by atoms with Crippen molar-refractivity contribution >= 4 is 27.5 Å². The summed E-state index contributed by atoms with van der Waals surface area (Å²) in [4.78, 5) is 13.9. The van der Waals surface area contributed by atoms with Crippen molar-refractivity contribution in [3.8, 4) is 5.75 Å². The first-order chi connectivity index (χ1) is 8.56. The first kappa shape index (κ1) is 13.4. The number of carbonyl (C=O) groups is 1. The fourth-order valence-corrected chi connectivity index (χ4v) is 2.97. The maximum absolute atomic E-state index is 12.0. The van der Waals surface area contributed by atoms with E-state index in [2.05, 4.69) is 15.9 Å². The van der Waals surface area contributed by atoms with Gasteiger partial charge in [0, 0.05) is 24.0 Å². The average molecular weight is 312 g/mol. The number of halogens is 1. The Hall–Kier alpha value is -1.03. The molecule has 18 heavy (non-hydrogen) atoms. The van der Waals surface area contributed by atoms with Crippen molar-refractivity contribution in [1.82, 2.24) is 0 Å². The van der Waals surface area contributed by atoms with Crippen molar-refractivity contribution in [2.45, 2.75) is 20.3 Å². The Balaban J connectivity index is 2.32. The van der Waals surface area contributed by atoms with E-state index in [4.69, 9.17) is 4.74 Å². The Morgan fingerprint density at radius 3 is 2.44 bits per heavy atom. The van der Waals surface area contributed by atoms with E-state index >= 15 is 0 Å². The summed E-state index contributed by atoms with van der Waals surface area (Å²) in [6.45, 7) is 4.82. The predicted octanol–water partition coefficient (Wildman–Crippen LogP) is 3.06. The summed E-state index contributed by atoms with van der Waals surface area (Å²) in [5.74, 6) is 1.53. The van der Waals surface area contributed by atoms with Gasteiger partial charge in [-0.15, -0.1) is 0 Å². The van der Waals surface area contributed by atoms with E-state index < -0.39 is 0 Å². The molecule has 0 N–H and O–H groups in total. The zero-order chi connectivity index (χ0) is 13.3. The molecule has 98 valence electrons. The molecule has 1 aromatic carbocycles. The SMILES string of the molecule is COc1c(C)cc(N2CC(CBr)CC2=O)cc1C. The summed E-state index contributed by atoms with van der Waals surface area (Å²) in [6.07, 6.45) is 0.634. The van der Waals surface area contributed by atoms with Gasteiger partial charge in [-0.3, -0.25) is 4.79 Å². The summed E-state index contributed by atoms with van der Waals surface area (Å²) in [5, 5.41) is 0.878. The van der Waals surface area contributed by atoms with Crippen LogP contribution >= 0.6 is 15.9 Å². The van der Waals surface area contributed by atoms with Gasteiger partial charge in [-0.1, -0.05) is 15.9 Å². The van der Waals surface area contributed by atoms with Crippen molar-refractivity contribution in [3.63, 3.8) is 0 Å². The van der Waals surface area contributed by atoms with Gasteiger partial charge in [-0.2, -0.15) is 0 Å². The molecule has 4 heteroatoms. The second-order valence-electron chi connectivity index (χ2n) is 4.84. The lowest BCUT2D eigenvalue weighted by Gasteiger charge is -2.19. The Bertz CT molecular complexity index is 450. The minimum atomic E-state index is 0.211. The molecule has 0 saturated carbocycles. The molecule has 1 aromatic rings. The fourth-order valence-electron chi connectivity index (χ4n) is 2.54. The van der Waals surface area contributed by atoms with Crippen LogP contribution in [0.1, 0.15) is 17.5 Å². The summed E-state index contributed by atoms with van der Waals surface area (Å²) in [5.41, 5.74) is 3.13. The van der Waals surface area contributed by atoms with Crippen molar-refractivity contribution < 1.29 is 9.53 Å². The number of alkyl halides is 1. The van der Waals surface area contributed by atoms with Crippen molar-refractivity contribution in [1.29, 1.82) is 0 Å². The monoisotopic (exact) mass is 311 g/mol. The Morgan fingerprint density at radius 1 is 1.39 bits per heavy atom. The van der Waals surface area contributed by atoms with Crippen LogP contribution in [0.25, 0.3) is 0 Å². The second-order valence-corrected chi connectivity index (χ2v) is 5.49. The molecule has 0 spiro atoms. The number of carbonyl (C=O) groups excluding carboxylic acids is 1. The van der Waals surface area contributed by atoms with E-state index in [1.54, 1.807) is 7.11 Å². The highest BCUT2D eigenvalue weighted by Gasteiger charge is 2.30. The van der Waals surface area contributed by atoms with Crippen LogP contribution in [0, 0.1) is 19.8 Å². The van der Waals surface area contributed by atoms with E-state index in [1.165, 1.54) is 0 Å². The third kappa shape index (κ3) is 2.39. The number of hydrogen-bond donors (Lipinski definition) is 0. The van der Waals surface area contributed by atoms with Crippen LogP contribution in [0.4, 0.5) is 5.69 Å². The van der Waals surface area contributed by atoms with E-state index in [1.807, 2.05) is 30.9 Å². The first-order valence-corrected chi connectivity index (χ1v) is 7.20. The summed E-state index contributed by atoms with van der Waals surface area (Å²) >= 11 is 3.46. The van der Waals surface area contributed by atoms with Crippen LogP contribution < -0.4 is 9.64 Å². The van der Waals surface area contributed by atoms with Gasteiger partial charge in [0.05, 0.1) is 7.11 Å². The van der Waals surface area contributed by atoms with E-state index in [-0.39, 0.29) is 5.91 Å². The van der Waals surface area contributed by atoms with E-state index in [0.29, 0.717) is 12.3 Å². The van der Waals surface area contributed by atoms with Crippen LogP contribution in [0.3, 0.4) is 0 Å². The second kappa shape index (κ2) is 5.31. The van der Waals surface area contributed by atoms with E-state index in [9.17, 15) is 4.79 Å². The lowest BCUT2D eigenvalue weighted by molar-refractivity contribution is -0.117. The maximum Gasteiger partial charge on any atom is 0.227 e. The first-order valence-electron chi connectivity index (χ1n) is 6.08. The molecule has 0 aliphatic carbocycles. The van der Waals surface area contributed by atoms with Gasteiger partial charge in [0.15, 0.2) is 0 Å². The molecule has 1 fully saturated rings. The normalized spacial score (nSPS) is 19.4. The van der Waals surface area contributed by atoms with Crippen molar-refractivity contribution in [3.05, 3.63) is 23.3 Å². The smallest absolute Gasteiger partial charge is 0.227 e. The number of rotatable bonds is 3. The van der Waals surface area contributed by atoms with Crippen LogP contribution in [0.15, 0.2) is 12.1 Å². The molecule has 1 aliphatic rings. The van der Waals surface area contributed by atoms with Crippen LogP contribution in [0.5, 0.6) is 5.75 Å². The van der Waals surface area contributed by atoms with Gasteiger partial charge in [-0.25, -0.2) is 0 Å². The van der Waals surface area contributed by atoms with Gasteiger partial charge in [0.25, 0.3) is 0 Å². The topological polar surface area (TPSA) is 29.5 Å². The zero-order valence-electron chi connectivity index (χ0n) is 11.0. The van der Waals surface area contributed by atoms with Crippen LogP contribution in [-0.2, 0) is 4.79 Å². The Labute approximate surface area is 116 Å². The lowest BCUT2D eigenvalue weighted by Crippen LogP contribution is -2.24. The third-order valence-corrected chi connectivity index (χ3v) is 4.30. The molecule has 3 nitrogen and oxygen atoms in total. The molecule has 1 unspecified atom stereocenters. The quantitative estimate of drug-likeness (QED) is 0.803. The van der Waals surface area contributed by atoms with Crippen molar-refractivity contribution in [2.24, 2.45) is 5.92 Å². The molecule has 1 amide bonds. The Morgan fingerprint density at radius 2 is 2.00 bits per heavy atom. The number of nitrogens with zero attached hydrogens (tertiary/aromatic N) is 1. The number of anilines is 1. The summed E-state index contributed by atoms with van der Waals surface area (Å²) in [6, 6.07) is 4.06. The number of amides is 1. The molecule has 1 heterocycles. The molecule has 2 rings (SSSR count). The van der Waals surface area contributed by atoms with Crippen LogP contribution in [-0.4, -0.2) is 24.9 Å². The third-order valence-electron chi connectivity index (χ3n) is 3.38. The zero-order valence-corrected chi connectivity index (χ0v) is 12.6. The molecular weight excluding hydrogens is 294 g/mol. The van der Waals surface area contributed by atoms with Gasteiger partial charge >= 0.3 is 0 Å². The fraction of sp³-hybridized carbons (Fsp3) is 0.500. The number of hydrogen-bond acceptors (Lipinski definition) is 2. The minimum absolute atomic E-state index is 0.211. The predicted molar refractivity (Wildman–Crippen MR) is 76.7 cm³/mol. The van der Waals surface area contributed by atoms with Gasteiger partial charge in [-0.05, 0) is 43.0 Å². The molecule has 1 aliphatic heterocycles. The number of aryl methyl sites for hydroxylation is 2. The number of ether oxygens (including phenoxy) is 1. The largest absolute Gasteiger partial charge is 0.496 e. The molecular formula is C14H18BrNO2. The highest BCUT2D eigenvalue weighted by Crippen LogP contribution is 2.32. The van der Waals surface area contributed by atoms with Crippen molar-refractivity contribution in [2.75, 3.05) is 23.9 Å². The Kier molecular flexibility index (Phi) is 3.95. The van der Waals surface area contributed by atoms with Crippen LogP contribution in [0.2, 0.25) is 0 Å². The standard InChI is InChI=1S/C14H18BrNO2/c1-9-4-12(5-10(2)14(9)18-3)16-8-11(7-15)6-13(16)17/h4-5,11H,6-8H2,1-3H3. The summed E-state index contributed by atoms with van der Waals surface area (Å²) < 4.78 is 5.35. The number of benzene rings is 1. The molecule has 0 bridgehead atoms. The highest BCUT2D eigenvalue weighted by atomic mass is 79.9. The lowest BCUT2D eigenvalue weighted by atomic mass is 10.1. The molecule has 0 radical (unpaired) electrons. The molecule has 0 aromatic heterocycles. The van der Waals surface area contributed by atoms with Gasteiger partial charge in [0.2, 0.25) is 5.91 Å². The number of methoxy groups -OCH3 is 1.